The van der Waals surface area contributed by atoms with Gasteiger partial charge in [-0.3, -0.25) is 0 Å². The highest BCUT2D eigenvalue weighted by Crippen LogP contribution is 2.53. The zero-order valence-corrected chi connectivity index (χ0v) is 14.5. The predicted molar refractivity (Wildman–Crippen MR) is 93.8 cm³/mol. The molecule has 1 saturated heterocycles. The van der Waals surface area contributed by atoms with Gasteiger partial charge in [-0.2, -0.15) is 0 Å². The van der Waals surface area contributed by atoms with Crippen LogP contribution in [0.25, 0.3) is 22.3 Å². The molecule has 0 amide bonds. The lowest BCUT2D eigenvalue weighted by Gasteiger charge is -2.31. The first-order chi connectivity index (χ1) is 12.6. The van der Waals surface area contributed by atoms with E-state index in [4.69, 9.17) is 9.47 Å². The van der Waals surface area contributed by atoms with E-state index in [9.17, 15) is 13.2 Å². The molecule has 136 valence electrons. The minimum atomic E-state index is -0.997. The van der Waals surface area contributed by atoms with Crippen molar-refractivity contribution in [2.75, 3.05) is 13.2 Å². The van der Waals surface area contributed by atoms with E-state index < -0.39 is 17.5 Å². The molecule has 0 saturated carbocycles. The number of ether oxygens (including phenoxy) is 2. The van der Waals surface area contributed by atoms with Crippen molar-refractivity contribution >= 4 is 0 Å². The van der Waals surface area contributed by atoms with Crippen LogP contribution >= 0.6 is 0 Å². The molecule has 0 N–H and O–H groups in total. The summed E-state index contributed by atoms with van der Waals surface area (Å²) in [7, 11) is 0. The van der Waals surface area contributed by atoms with Crippen LogP contribution in [0.3, 0.4) is 0 Å². The van der Waals surface area contributed by atoms with Crippen LogP contribution in [-0.4, -0.2) is 19.3 Å². The smallest absolute Gasteiger partial charge is 0.173 e. The monoisotopic (exact) mass is 360 g/mol. The van der Waals surface area contributed by atoms with Crippen molar-refractivity contribution in [1.82, 2.24) is 0 Å². The highest BCUT2D eigenvalue weighted by Gasteiger charge is 2.36. The van der Waals surface area contributed by atoms with Gasteiger partial charge in [0, 0.05) is 17.0 Å². The lowest BCUT2D eigenvalue weighted by atomic mass is 9.76. The maximum Gasteiger partial charge on any atom is 0.173 e. The van der Waals surface area contributed by atoms with Crippen molar-refractivity contribution in [3.05, 3.63) is 53.9 Å². The zero-order valence-electron chi connectivity index (χ0n) is 14.5. The van der Waals surface area contributed by atoms with Gasteiger partial charge in [0.15, 0.2) is 23.2 Å². The molecule has 1 aliphatic heterocycles. The minimum absolute atomic E-state index is 0.000925. The zero-order chi connectivity index (χ0) is 18.4. The van der Waals surface area contributed by atoms with Gasteiger partial charge in [-0.15, -0.1) is 6.58 Å². The molecule has 2 nitrogen and oxygen atoms in total. The second-order valence-corrected chi connectivity index (χ2v) is 6.63. The molecule has 0 bridgehead atoms. The largest absolute Gasteiger partial charge is 0.491 e. The van der Waals surface area contributed by atoms with E-state index in [0.717, 1.165) is 6.42 Å². The molecular formula is C21H19F3O2. The van der Waals surface area contributed by atoms with Crippen LogP contribution in [0.15, 0.2) is 30.9 Å². The van der Waals surface area contributed by atoms with E-state index in [-0.39, 0.29) is 28.9 Å². The first-order valence-electron chi connectivity index (χ1n) is 8.78. The Balaban J connectivity index is 1.73. The molecule has 2 aliphatic rings. The molecule has 0 spiro atoms. The van der Waals surface area contributed by atoms with Crippen LogP contribution in [0, 0.1) is 17.5 Å². The fraction of sp³-hybridized carbons (Fsp3) is 0.333. The Morgan fingerprint density at radius 3 is 2.54 bits per heavy atom. The number of halogens is 3. The van der Waals surface area contributed by atoms with Gasteiger partial charge in [0.1, 0.15) is 0 Å². The van der Waals surface area contributed by atoms with Gasteiger partial charge in [0.25, 0.3) is 0 Å². The molecule has 1 heterocycles. The van der Waals surface area contributed by atoms with Gasteiger partial charge in [0.05, 0.1) is 19.3 Å². The Kier molecular flexibility index (Phi) is 4.27. The third kappa shape index (κ3) is 2.45. The van der Waals surface area contributed by atoms with E-state index in [1.807, 2.05) is 0 Å². The molecule has 2 aromatic rings. The lowest BCUT2D eigenvalue weighted by Crippen LogP contribution is -2.24. The first-order valence-corrected chi connectivity index (χ1v) is 8.78. The maximum absolute atomic E-state index is 14.7. The van der Waals surface area contributed by atoms with Crippen molar-refractivity contribution in [3.63, 3.8) is 0 Å². The number of benzene rings is 2. The van der Waals surface area contributed by atoms with Crippen LogP contribution in [0.2, 0.25) is 0 Å². The van der Waals surface area contributed by atoms with Crippen molar-refractivity contribution in [2.45, 2.75) is 31.8 Å². The Morgan fingerprint density at radius 2 is 1.88 bits per heavy atom. The molecule has 2 atom stereocenters. The summed E-state index contributed by atoms with van der Waals surface area (Å²) in [5.41, 5.74) is 1.52. The molecule has 26 heavy (non-hydrogen) atoms. The van der Waals surface area contributed by atoms with Gasteiger partial charge in [-0.05, 0) is 54.7 Å². The summed E-state index contributed by atoms with van der Waals surface area (Å²) >= 11 is 0. The summed E-state index contributed by atoms with van der Waals surface area (Å²) in [6, 6.07) is 4.86. The van der Waals surface area contributed by atoms with Crippen molar-refractivity contribution < 1.29 is 22.6 Å². The van der Waals surface area contributed by atoms with Gasteiger partial charge in [-0.1, -0.05) is 6.08 Å². The van der Waals surface area contributed by atoms with Crippen molar-refractivity contribution in [3.8, 4) is 28.0 Å². The molecule has 0 radical (unpaired) electrons. The van der Waals surface area contributed by atoms with E-state index in [1.54, 1.807) is 25.1 Å². The fourth-order valence-corrected chi connectivity index (χ4v) is 3.83. The first kappa shape index (κ1) is 17.2. The second-order valence-electron chi connectivity index (χ2n) is 6.63. The van der Waals surface area contributed by atoms with E-state index in [2.05, 4.69) is 6.58 Å². The standard InChI is InChI=1S/C21H19F3O2/c1-3-12-6-5-11(10-26-12)14-9-15-13-7-8-16(25-4-2)20(23)17(13)18(15)21(24)19(14)22/h3,7-9,11-12H,1,4-6,10H2,2H3. The fourth-order valence-electron chi connectivity index (χ4n) is 3.83. The van der Waals surface area contributed by atoms with Crippen LogP contribution in [0.5, 0.6) is 5.75 Å². The van der Waals surface area contributed by atoms with Crippen LogP contribution in [0.1, 0.15) is 31.2 Å². The van der Waals surface area contributed by atoms with Gasteiger partial charge in [-0.25, -0.2) is 13.2 Å². The highest BCUT2D eigenvalue weighted by molar-refractivity contribution is 6.03. The SMILES string of the molecule is C=CC1CCC(c2cc3c(c(F)c2F)-c2c-3ccc(OCC)c2F)CO1. The van der Waals surface area contributed by atoms with Crippen molar-refractivity contribution in [2.24, 2.45) is 0 Å². The second kappa shape index (κ2) is 6.47. The summed E-state index contributed by atoms with van der Waals surface area (Å²) < 4.78 is 54.9. The molecule has 5 heteroatoms. The van der Waals surface area contributed by atoms with Crippen LogP contribution < -0.4 is 4.74 Å². The average molecular weight is 360 g/mol. The summed E-state index contributed by atoms with van der Waals surface area (Å²) in [5, 5.41) is 0. The normalized spacial score (nSPS) is 20.8. The molecule has 1 aliphatic carbocycles. The minimum Gasteiger partial charge on any atom is -0.491 e. The maximum atomic E-state index is 14.7. The molecule has 1 fully saturated rings. The van der Waals surface area contributed by atoms with Crippen molar-refractivity contribution in [1.29, 1.82) is 0 Å². The molecule has 2 unspecified atom stereocenters. The topological polar surface area (TPSA) is 18.5 Å². The highest BCUT2D eigenvalue weighted by atomic mass is 19.2. The Bertz CT molecular complexity index is 884. The Morgan fingerprint density at radius 1 is 1.12 bits per heavy atom. The van der Waals surface area contributed by atoms with Crippen LogP contribution in [0.4, 0.5) is 13.2 Å². The van der Waals surface area contributed by atoms with E-state index in [0.29, 0.717) is 36.3 Å². The lowest BCUT2D eigenvalue weighted by molar-refractivity contribution is 0.0320. The molecule has 2 aromatic carbocycles. The third-order valence-electron chi connectivity index (χ3n) is 5.20. The molecule has 0 aromatic heterocycles. The molecule has 4 rings (SSSR count). The number of hydrogen-bond acceptors (Lipinski definition) is 2. The van der Waals surface area contributed by atoms with E-state index in [1.165, 1.54) is 6.07 Å². The summed E-state index contributed by atoms with van der Waals surface area (Å²) in [6.45, 7) is 6.05. The number of rotatable bonds is 4. The van der Waals surface area contributed by atoms with Crippen LogP contribution in [-0.2, 0) is 4.74 Å². The van der Waals surface area contributed by atoms with Gasteiger partial charge in [0.2, 0.25) is 0 Å². The summed E-state index contributed by atoms with van der Waals surface area (Å²) in [6.07, 6.45) is 3.09. The number of fused-ring (bicyclic) bond motifs is 4. The third-order valence-corrected chi connectivity index (χ3v) is 5.20. The Labute approximate surface area is 150 Å². The average Bonchev–Trinajstić information content (AvgIpc) is 2.64. The number of hydrogen-bond donors (Lipinski definition) is 0. The van der Waals surface area contributed by atoms with Gasteiger partial charge >= 0.3 is 0 Å². The Hall–Kier alpha value is -2.27. The summed E-state index contributed by atoms with van der Waals surface area (Å²) in [5.74, 6) is -2.72. The summed E-state index contributed by atoms with van der Waals surface area (Å²) in [4.78, 5) is 0. The molecular weight excluding hydrogens is 341 g/mol. The van der Waals surface area contributed by atoms with Gasteiger partial charge < -0.3 is 9.47 Å². The van der Waals surface area contributed by atoms with E-state index >= 15 is 0 Å². The quantitative estimate of drug-likeness (QED) is 0.564. The predicted octanol–water partition coefficient (Wildman–Crippen LogP) is 5.60.